The van der Waals surface area contributed by atoms with E-state index in [0.717, 1.165) is 17.9 Å². The predicted octanol–water partition coefficient (Wildman–Crippen LogP) is 4.93. The highest BCUT2D eigenvalue weighted by atomic mass is 14.9. The van der Waals surface area contributed by atoms with Gasteiger partial charge in [0.05, 0.1) is 0 Å². The smallest absolute Gasteiger partial charge is 0.00954 e. The van der Waals surface area contributed by atoms with Crippen LogP contribution in [0.3, 0.4) is 0 Å². The lowest BCUT2D eigenvalue weighted by atomic mass is 9.92. The van der Waals surface area contributed by atoms with E-state index in [-0.39, 0.29) is 0 Å². The van der Waals surface area contributed by atoms with Crippen LogP contribution in [0, 0.1) is 11.8 Å². The minimum Gasteiger partial charge on any atom is -0.314 e. The van der Waals surface area contributed by atoms with E-state index in [1.54, 1.807) is 0 Å². The van der Waals surface area contributed by atoms with Crippen LogP contribution in [-0.4, -0.2) is 12.6 Å². The van der Waals surface area contributed by atoms with E-state index in [9.17, 15) is 0 Å². The lowest BCUT2D eigenvalue weighted by Gasteiger charge is -2.25. The minimum absolute atomic E-state index is 0.790. The molecule has 1 rings (SSSR count). The molecule has 1 heteroatoms. The third-order valence-corrected chi connectivity index (χ3v) is 4.38. The summed E-state index contributed by atoms with van der Waals surface area (Å²) in [5.41, 5.74) is 0. The van der Waals surface area contributed by atoms with Gasteiger partial charge in [-0.2, -0.15) is 0 Å². The third-order valence-electron chi connectivity index (χ3n) is 4.38. The van der Waals surface area contributed by atoms with Gasteiger partial charge in [0, 0.05) is 6.04 Å². The van der Waals surface area contributed by atoms with Crippen molar-refractivity contribution in [2.24, 2.45) is 11.8 Å². The first-order chi connectivity index (χ1) is 8.77. The Morgan fingerprint density at radius 3 is 2.72 bits per heavy atom. The van der Waals surface area contributed by atoms with Crippen LogP contribution in [0.15, 0.2) is 12.7 Å². The van der Waals surface area contributed by atoms with E-state index in [1.807, 2.05) is 6.08 Å². The molecule has 1 saturated carbocycles. The molecule has 3 atom stereocenters. The number of rotatable bonds is 10. The van der Waals surface area contributed by atoms with Crippen LogP contribution in [0.4, 0.5) is 0 Å². The Bertz CT molecular complexity index is 212. The maximum atomic E-state index is 3.80. The number of unbranched alkanes of at least 4 members (excludes halogenated alkanes) is 3. The van der Waals surface area contributed by atoms with Gasteiger partial charge < -0.3 is 5.32 Å². The zero-order chi connectivity index (χ0) is 13.2. The topological polar surface area (TPSA) is 12.0 Å². The van der Waals surface area contributed by atoms with Gasteiger partial charge in [-0.05, 0) is 56.9 Å². The van der Waals surface area contributed by atoms with Gasteiger partial charge in [-0.25, -0.2) is 0 Å². The summed E-state index contributed by atoms with van der Waals surface area (Å²) in [6.07, 6.45) is 14.3. The molecule has 106 valence electrons. The Kier molecular flexibility index (Phi) is 8.41. The van der Waals surface area contributed by atoms with Crippen LogP contribution in [-0.2, 0) is 0 Å². The van der Waals surface area contributed by atoms with Crippen molar-refractivity contribution in [3.63, 3.8) is 0 Å². The fraction of sp³-hybridized carbons (Fsp3) is 0.882. The molecule has 1 aliphatic rings. The first-order valence-electron chi connectivity index (χ1n) is 8.12. The lowest BCUT2D eigenvalue weighted by molar-refractivity contribution is 0.324. The monoisotopic (exact) mass is 251 g/mol. The summed E-state index contributed by atoms with van der Waals surface area (Å²) in [5, 5.41) is 3.80. The molecule has 1 aliphatic carbocycles. The molecular weight excluding hydrogens is 218 g/mol. The Balaban J connectivity index is 2.24. The predicted molar refractivity (Wildman–Crippen MR) is 81.9 cm³/mol. The molecular formula is C17H33N. The number of allylic oxidation sites excluding steroid dienone is 1. The van der Waals surface area contributed by atoms with Gasteiger partial charge in [-0.15, -0.1) is 6.58 Å². The highest BCUT2D eigenvalue weighted by Gasteiger charge is 2.27. The van der Waals surface area contributed by atoms with Crippen molar-refractivity contribution < 1.29 is 0 Å². The van der Waals surface area contributed by atoms with E-state index >= 15 is 0 Å². The van der Waals surface area contributed by atoms with Gasteiger partial charge in [0.15, 0.2) is 0 Å². The second kappa shape index (κ2) is 9.61. The maximum Gasteiger partial charge on any atom is 0.00954 e. The van der Waals surface area contributed by atoms with Crippen LogP contribution in [0.1, 0.15) is 71.6 Å². The van der Waals surface area contributed by atoms with Gasteiger partial charge in [0.25, 0.3) is 0 Å². The fourth-order valence-corrected chi connectivity index (χ4v) is 3.28. The molecule has 1 fully saturated rings. The normalized spacial score (nSPS) is 25.2. The first kappa shape index (κ1) is 15.8. The average Bonchev–Trinajstić information content (AvgIpc) is 2.79. The molecule has 0 aliphatic heterocycles. The van der Waals surface area contributed by atoms with E-state index in [0.29, 0.717) is 0 Å². The Morgan fingerprint density at radius 2 is 2.11 bits per heavy atom. The van der Waals surface area contributed by atoms with Gasteiger partial charge in [0.1, 0.15) is 0 Å². The van der Waals surface area contributed by atoms with Crippen LogP contribution in [0.5, 0.6) is 0 Å². The quantitative estimate of drug-likeness (QED) is 0.429. The molecule has 0 spiro atoms. The molecule has 0 amide bonds. The summed E-state index contributed by atoms with van der Waals surface area (Å²) in [4.78, 5) is 0. The van der Waals surface area contributed by atoms with Gasteiger partial charge in [-0.3, -0.25) is 0 Å². The van der Waals surface area contributed by atoms with Crippen molar-refractivity contribution in [3.05, 3.63) is 12.7 Å². The molecule has 18 heavy (non-hydrogen) atoms. The summed E-state index contributed by atoms with van der Waals surface area (Å²) in [7, 11) is 0. The van der Waals surface area contributed by atoms with Gasteiger partial charge in [0.2, 0.25) is 0 Å². The van der Waals surface area contributed by atoms with Crippen molar-refractivity contribution in [3.8, 4) is 0 Å². The zero-order valence-electron chi connectivity index (χ0n) is 12.6. The summed E-state index contributed by atoms with van der Waals surface area (Å²) in [5.74, 6) is 1.91. The summed E-state index contributed by atoms with van der Waals surface area (Å²) in [6, 6.07) is 0.790. The highest BCUT2D eigenvalue weighted by molar-refractivity contribution is 4.83. The minimum atomic E-state index is 0.790. The van der Waals surface area contributed by atoms with Crippen LogP contribution < -0.4 is 5.32 Å². The molecule has 0 aromatic carbocycles. The Labute approximate surface area is 114 Å². The molecule has 0 radical (unpaired) electrons. The van der Waals surface area contributed by atoms with Crippen LogP contribution in [0.25, 0.3) is 0 Å². The highest BCUT2D eigenvalue weighted by Crippen LogP contribution is 2.34. The lowest BCUT2D eigenvalue weighted by Crippen LogP contribution is -2.35. The molecule has 1 N–H and O–H groups in total. The van der Waals surface area contributed by atoms with Gasteiger partial charge in [-0.1, -0.05) is 39.2 Å². The summed E-state index contributed by atoms with van der Waals surface area (Å²) < 4.78 is 0. The first-order valence-corrected chi connectivity index (χ1v) is 8.12. The number of hydrogen-bond acceptors (Lipinski definition) is 1. The number of nitrogens with one attached hydrogen (secondary N) is 1. The molecule has 0 aromatic rings. The van der Waals surface area contributed by atoms with Crippen molar-refractivity contribution in [2.45, 2.75) is 77.7 Å². The average molecular weight is 251 g/mol. The fourth-order valence-electron chi connectivity index (χ4n) is 3.28. The molecule has 1 nitrogen and oxygen atoms in total. The molecule has 3 unspecified atom stereocenters. The second-order valence-corrected chi connectivity index (χ2v) is 6.17. The SMILES string of the molecule is C=CCCCCCC(NCCC)C1CCC(C)C1. The number of hydrogen-bond donors (Lipinski definition) is 1. The standard InChI is InChI=1S/C17H33N/c1-4-6-7-8-9-10-17(18-13-5-2)16-12-11-15(3)14-16/h4,15-18H,1,5-14H2,2-3H3. The van der Waals surface area contributed by atoms with Crippen LogP contribution in [0.2, 0.25) is 0 Å². The molecule has 0 bridgehead atoms. The third kappa shape index (κ3) is 6.04. The zero-order valence-corrected chi connectivity index (χ0v) is 12.6. The van der Waals surface area contributed by atoms with Crippen molar-refractivity contribution in [1.29, 1.82) is 0 Å². The maximum absolute atomic E-state index is 3.80. The van der Waals surface area contributed by atoms with Crippen molar-refractivity contribution in [2.75, 3.05) is 6.54 Å². The summed E-state index contributed by atoms with van der Waals surface area (Å²) >= 11 is 0. The van der Waals surface area contributed by atoms with Gasteiger partial charge >= 0.3 is 0 Å². The second-order valence-electron chi connectivity index (χ2n) is 6.17. The van der Waals surface area contributed by atoms with E-state index < -0.39 is 0 Å². The van der Waals surface area contributed by atoms with Crippen LogP contribution >= 0.6 is 0 Å². The molecule has 0 saturated heterocycles. The molecule has 0 heterocycles. The van der Waals surface area contributed by atoms with E-state index in [2.05, 4.69) is 25.7 Å². The van der Waals surface area contributed by atoms with E-state index in [1.165, 1.54) is 64.3 Å². The molecule has 0 aromatic heterocycles. The van der Waals surface area contributed by atoms with Crippen molar-refractivity contribution >= 4 is 0 Å². The Hall–Kier alpha value is -0.300. The van der Waals surface area contributed by atoms with Crippen molar-refractivity contribution in [1.82, 2.24) is 5.32 Å². The van der Waals surface area contributed by atoms with E-state index in [4.69, 9.17) is 0 Å². The largest absolute Gasteiger partial charge is 0.314 e. The summed E-state index contributed by atoms with van der Waals surface area (Å²) in [6.45, 7) is 9.68. The Morgan fingerprint density at radius 1 is 1.28 bits per heavy atom.